The predicted molar refractivity (Wildman–Crippen MR) is 59.4 cm³/mol. The van der Waals surface area contributed by atoms with E-state index in [1.165, 1.54) is 12.4 Å². The van der Waals surface area contributed by atoms with Crippen molar-refractivity contribution >= 4 is 17.8 Å². The van der Waals surface area contributed by atoms with Crippen molar-refractivity contribution in [3.8, 4) is 0 Å². The number of amides is 2. The molecule has 0 unspecified atom stereocenters. The van der Waals surface area contributed by atoms with Crippen LogP contribution in [0.5, 0.6) is 0 Å². The van der Waals surface area contributed by atoms with Crippen molar-refractivity contribution in [2.45, 2.75) is 25.0 Å². The van der Waals surface area contributed by atoms with Crippen LogP contribution in [0, 0.1) is 11.8 Å². The summed E-state index contributed by atoms with van der Waals surface area (Å²) in [5.41, 5.74) is 0. The van der Waals surface area contributed by atoms with Crippen molar-refractivity contribution in [3.05, 3.63) is 18.5 Å². The minimum absolute atomic E-state index is 0.0924. The van der Waals surface area contributed by atoms with Gasteiger partial charge >= 0.3 is 0 Å². The van der Waals surface area contributed by atoms with E-state index in [1.807, 2.05) is 0 Å². The highest BCUT2D eigenvalue weighted by atomic mass is 16.5. The van der Waals surface area contributed by atoms with Crippen molar-refractivity contribution in [3.63, 3.8) is 0 Å². The first-order valence-corrected chi connectivity index (χ1v) is 6.07. The van der Waals surface area contributed by atoms with Crippen molar-refractivity contribution in [1.82, 2.24) is 9.97 Å². The fourth-order valence-corrected chi connectivity index (χ4v) is 3.32. The summed E-state index contributed by atoms with van der Waals surface area (Å²) in [5.74, 6) is -0.867. The Bertz CT molecular complexity index is 505. The smallest absolute Gasteiger partial charge is 0.242 e. The van der Waals surface area contributed by atoms with Gasteiger partial charge in [-0.3, -0.25) is 9.59 Å². The van der Waals surface area contributed by atoms with E-state index in [1.54, 1.807) is 6.07 Å². The maximum atomic E-state index is 12.3. The van der Waals surface area contributed by atoms with E-state index in [-0.39, 0.29) is 41.8 Å². The molecule has 0 aliphatic carbocycles. The average Bonchev–Trinajstić information content (AvgIpc) is 3.05. The van der Waals surface area contributed by atoms with Crippen LogP contribution in [-0.2, 0) is 14.3 Å². The molecule has 4 atom stereocenters. The largest absolute Gasteiger partial charge is 0.373 e. The molecule has 6 heteroatoms. The lowest BCUT2D eigenvalue weighted by atomic mass is 9.81. The highest BCUT2D eigenvalue weighted by Crippen LogP contribution is 2.48. The zero-order chi connectivity index (χ0) is 12.3. The Morgan fingerprint density at radius 3 is 2.17 bits per heavy atom. The molecule has 3 fully saturated rings. The van der Waals surface area contributed by atoms with Gasteiger partial charge in [-0.15, -0.1) is 0 Å². The molecule has 6 nitrogen and oxygen atoms in total. The molecular formula is C12H11N3O3. The number of rotatable bonds is 1. The van der Waals surface area contributed by atoms with Gasteiger partial charge in [0.05, 0.1) is 24.0 Å². The third-order valence-electron chi connectivity index (χ3n) is 4.04. The fraction of sp³-hybridized carbons (Fsp3) is 0.500. The molecule has 0 radical (unpaired) electrons. The number of carbonyl (C=O) groups is 2. The van der Waals surface area contributed by atoms with Crippen LogP contribution < -0.4 is 4.90 Å². The van der Waals surface area contributed by atoms with E-state index in [0.717, 1.165) is 17.7 Å². The van der Waals surface area contributed by atoms with Gasteiger partial charge in [0, 0.05) is 12.4 Å². The Kier molecular flexibility index (Phi) is 1.89. The van der Waals surface area contributed by atoms with Crippen molar-refractivity contribution in [2.75, 3.05) is 4.90 Å². The van der Waals surface area contributed by atoms with Gasteiger partial charge in [0.1, 0.15) is 0 Å². The second kappa shape index (κ2) is 3.35. The maximum Gasteiger partial charge on any atom is 0.242 e. The quantitative estimate of drug-likeness (QED) is 0.658. The van der Waals surface area contributed by atoms with Crippen LogP contribution in [0.15, 0.2) is 18.5 Å². The van der Waals surface area contributed by atoms with Gasteiger partial charge < -0.3 is 4.74 Å². The normalized spacial score (nSPS) is 37.4. The topological polar surface area (TPSA) is 72.4 Å². The van der Waals surface area contributed by atoms with E-state index in [4.69, 9.17) is 4.74 Å². The van der Waals surface area contributed by atoms with Gasteiger partial charge in [-0.05, 0) is 18.9 Å². The Morgan fingerprint density at radius 2 is 1.61 bits per heavy atom. The number of carbonyl (C=O) groups excluding carboxylic acids is 2. The van der Waals surface area contributed by atoms with E-state index in [0.29, 0.717) is 0 Å². The first-order chi connectivity index (χ1) is 8.77. The number of ether oxygens (including phenoxy) is 1. The lowest BCUT2D eigenvalue weighted by Crippen LogP contribution is -2.35. The number of aromatic nitrogens is 2. The molecule has 1 aromatic heterocycles. The Labute approximate surface area is 103 Å². The van der Waals surface area contributed by atoms with Crippen molar-refractivity contribution < 1.29 is 14.3 Å². The average molecular weight is 245 g/mol. The van der Waals surface area contributed by atoms with E-state index in [2.05, 4.69) is 9.97 Å². The van der Waals surface area contributed by atoms with E-state index < -0.39 is 0 Å². The van der Waals surface area contributed by atoms with Gasteiger partial charge in [-0.2, -0.15) is 0 Å². The molecule has 2 amide bonds. The lowest BCUT2D eigenvalue weighted by Gasteiger charge is -2.14. The van der Waals surface area contributed by atoms with Crippen LogP contribution in [0.25, 0.3) is 0 Å². The first-order valence-electron chi connectivity index (χ1n) is 6.07. The Morgan fingerprint density at radius 1 is 1.06 bits per heavy atom. The van der Waals surface area contributed by atoms with Gasteiger partial charge in [-0.25, -0.2) is 14.9 Å². The molecule has 1 aromatic rings. The van der Waals surface area contributed by atoms with Gasteiger partial charge in [0.15, 0.2) is 0 Å². The highest BCUT2D eigenvalue weighted by molar-refractivity contribution is 6.21. The predicted octanol–water partition coefficient (Wildman–Crippen LogP) is 0.143. The van der Waals surface area contributed by atoms with Crippen molar-refractivity contribution in [2.24, 2.45) is 11.8 Å². The molecule has 0 aromatic carbocycles. The summed E-state index contributed by atoms with van der Waals surface area (Å²) < 4.78 is 5.66. The number of hydrogen-bond acceptors (Lipinski definition) is 5. The summed E-state index contributed by atoms with van der Waals surface area (Å²) in [5, 5.41) is 0. The number of anilines is 1. The second-order valence-corrected chi connectivity index (χ2v) is 4.90. The van der Waals surface area contributed by atoms with Gasteiger partial charge in [0.2, 0.25) is 17.8 Å². The molecule has 18 heavy (non-hydrogen) atoms. The summed E-state index contributed by atoms with van der Waals surface area (Å²) in [6, 6.07) is 1.65. The monoisotopic (exact) mass is 245 g/mol. The second-order valence-electron chi connectivity index (χ2n) is 4.90. The minimum atomic E-state index is -0.319. The molecule has 3 aliphatic heterocycles. The Balaban J connectivity index is 1.76. The molecule has 0 N–H and O–H groups in total. The molecule has 0 spiro atoms. The van der Waals surface area contributed by atoms with Crippen LogP contribution in [-0.4, -0.2) is 34.0 Å². The third-order valence-corrected chi connectivity index (χ3v) is 4.04. The minimum Gasteiger partial charge on any atom is -0.373 e. The summed E-state index contributed by atoms with van der Waals surface area (Å²) in [6.45, 7) is 0. The number of nitrogens with zero attached hydrogens (tertiary/aromatic N) is 3. The molecule has 3 aliphatic rings. The molecular weight excluding hydrogens is 234 g/mol. The van der Waals surface area contributed by atoms with E-state index in [9.17, 15) is 9.59 Å². The van der Waals surface area contributed by atoms with Crippen LogP contribution in [0.3, 0.4) is 0 Å². The molecule has 92 valence electrons. The standard InChI is InChI=1S/C12H11N3O3/c16-10-8-6-2-3-7(18-6)9(8)11(17)15(10)12-13-4-1-5-14-12/h1,4-9H,2-3H2/t6-,7+,8-,9-/m0/s1. The number of hydrogen-bond donors (Lipinski definition) is 0. The molecule has 2 bridgehead atoms. The summed E-state index contributed by atoms with van der Waals surface area (Å²) in [7, 11) is 0. The van der Waals surface area contributed by atoms with Crippen LogP contribution in [0.1, 0.15) is 12.8 Å². The van der Waals surface area contributed by atoms with Gasteiger partial charge in [0.25, 0.3) is 0 Å². The summed E-state index contributed by atoms with van der Waals surface area (Å²) in [6.07, 6.45) is 4.61. The van der Waals surface area contributed by atoms with Gasteiger partial charge in [-0.1, -0.05) is 0 Å². The summed E-state index contributed by atoms with van der Waals surface area (Å²) in [4.78, 5) is 33.8. The van der Waals surface area contributed by atoms with Crippen LogP contribution >= 0.6 is 0 Å². The van der Waals surface area contributed by atoms with Crippen LogP contribution in [0.2, 0.25) is 0 Å². The highest BCUT2D eigenvalue weighted by Gasteiger charge is 2.63. The lowest BCUT2D eigenvalue weighted by molar-refractivity contribution is -0.124. The fourth-order valence-electron chi connectivity index (χ4n) is 3.32. The number of fused-ring (bicyclic) bond motifs is 5. The molecule has 3 saturated heterocycles. The third kappa shape index (κ3) is 1.11. The summed E-state index contributed by atoms with van der Waals surface area (Å²) >= 11 is 0. The van der Waals surface area contributed by atoms with Crippen LogP contribution in [0.4, 0.5) is 5.95 Å². The maximum absolute atomic E-state index is 12.3. The molecule has 4 heterocycles. The SMILES string of the molecule is O=C1[C@@H]2[C@@H](C(=O)N1c1ncccn1)[C@H]1CC[C@@H]2O1. The first kappa shape index (κ1) is 10.1. The Hall–Kier alpha value is -1.82. The molecule has 0 saturated carbocycles. The zero-order valence-corrected chi connectivity index (χ0v) is 9.52. The number of imide groups is 1. The zero-order valence-electron chi connectivity index (χ0n) is 9.52. The van der Waals surface area contributed by atoms with E-state index >= 15 is 0 Å². The molecule has 4 rings (SSSR count). The van der Waals surface area contributed by atoms with Crippen molar-refractivity contribution in [1.29, 1.82) is 0 Å².